The number of hydrogen-bond donors (Lipinski definition) is 4. The molecule has 4 aromatic rings. The highest BCUT2D eigenvalue weighted by Gasteiger charge is 2.45. The fraction of sp³-hybridized carbons (Fsp3) is 0.314. The molecule has 2 heterocycles. The summed E-state index contributed by atoms with van der Waals surface area (Å²) in [5.41, 5.74) is 4.58. The molecule has 4 N–H and O–H groups in total. The second kappa shape index (κ2) is 12.4. The van der Waals surface area contributed by atoms with E-state index in [1.807, 2.05) is 36.4 Å². The molecule has 2 saturated carbocycles. The molecule has 0 bridgehead atoms. The van der Waals surface area contributed by atoms with Gasteiger partial charge in [0.2, 0.25) is 5.91 Å². The molecule has 2 fully saturated rings. The molecule has 226 valence electrons. The lowest BCUT2D eigenvalue weighted by Crippen LogP contribution is -2.61. The molecule has 2 aliphatic carbocycles. The number of fused-ring (bicyclic) bond motifs is 1. The van der Waals surface area contributed by atoms with Gasteiger partial charge in [0.15, 0.2) is 0 Å². The van der Waals surface area contributed by atoms with Gasteiger partial charge in [-0.05, 0) is 86.1 Å². The van der Waals surface area contributed by atoms with Crippen LogP contribution < -0.4 is 15.4 Å². The Bertz CT molecular complexity index is 1730. The third kappa shape index (κ3) is 5.82. The van der Waals surface area contributed by atoms with E-state index in [-0.39, 0.29) is 11.8 Å². The van der Waals surface area contributed by atoms with Crippen LogP contribution in [0.15, 0.2) is 66.9 Å². The van der Waals surface area contributed by atoms with Crippen LogP contribution in [0, 0.1) is 0 Å². The van der Waals surface area contributed by atoms with Gasteiger partial charge in [0.05, 0.1) is 18.5 Å². The summed E-state index contributed by atoms with van der Waals surface area (Å²) in [4.78, 5) is 46.2. The number of rotatable bonds is 9. The number of carboxylic acid groups (broad SMARTS) is 1. The lowest BCUT2D eigenvalue weighted by molar-refractivity contribution is -0.131. The number of anilines is 1. The van der Waals surface area contributed by atoms with Gasteiger partial charge in [0, 0.05) is 46.1 Å². The molecule has 44 heavy (non-hydrogen) atoms. The number of carbonyl (C=O) groups excluding carboxylic acids is 2. The van der Waals surface area contributed by atoms with Crippen molar-refractivity contribution >= 4 is 40.4 Å². The van der Waals surface area contributed by atoms with Crippen LogP contribution >= 0.6 is 0 Å². The number of aromatic nitrogens is 2. The highest BCUT2D eigenvalue weighted by atomic mass is 16.5. The SMILES string of the molecule is COc1cc(NC(=O)C2(NC(=O)c3ccc4c(C5CCCCC5)c(-c5ccccn5)[nH]c4c3)CCC2)ccc1/C=C/C(=O)O. The first-order valence-electron chi connectivity index (χ1n) is 15.2. The average molecular weight is 593 g/mol. The summed E-state index contributed by atoms with van der Waals surface area (Å²) in [6.07, 6.45) is 12.1. The maximum absolute atomic E-state index is 13.6. The summed E-state index contributed by atoms with van der Waals surface area (Å²) < 4.78 is 5.39. The average Bonchev–Trinajstić information content (AvgIpc) is 3.41. The topological polar surface area (TPSA) is 133 Å². The molecule has 9 heteroatoms. The predicted molar refractivity (Wildman–Crippen MR) is 170 cm³/mol. The first kappa shape index (κ1) is 29.2. The fourth-order valence-corrected chi connectivity index (χ4v) is 6.46. The van der Waals surface area contributed by atoms with Gasteiger partial charge in [0.1, 0.15) is 11.3 Å². The van der Waals surface area contributed by atoms with Gasteiger partial charge in [0.25, 0.3) is 5.91 Å². The van der Waals surface area contributed by atoms with Crippen LogP contribution in [0.2, 0.25) is 0 Å². The summed E-state index contributed by atoms with van der Waals surface area (Å²) in [6, 6.07) is 16.6. The first-order chi connectivity index (χ1) is 21.4. The minimum absolute atomic E-state index is 0.300. The number of hydrogen-bond acceptors (Lipinski definition) is 5. The number of nitrogens with one attached hydrogen (secondary N) is 3. The zero-order valence-electron chi connectivity index (χ0n) is 24.7. The number of benzene rings is 2. The van der Waals surface area contributed by atoms with E-state index in [0.29, 0.717) is 41.3 Å². The molecule has 0 saturated heterocycles. The van der Waals surface area contributed by atoms with E-state index in [1.165, 1.54) is 38.0 Å². The van der Waals surface area contributed by atoms with Crippen molar-refractivity contribution in [2.75, 3.05) is 12.4 Å². The zero-order valence-corrected chi connectivity index (χ0v) is 24.7. The van der Waals surface area contributed by atoms with Gasteiger partial charge in [-0.15, -0.1) is 0 Å². The van der Waals surface area contributed by atoms with Gasteiger partial charge in [-0.2, -0.15) is 0 Å². The lowest BCUT2D eigenvalue weighted by Gasteiger charge is -2.40. The van der Waals surface area contributed by atoms with Crippen LogP contribution in [0.25, 0.3) is 28.4 Å². The Labute approximate surface area is 255 Å². The number of amides is 2. The highest BCUT2D eigenvalue weighted by molar-refractivity contribution is 6.06. The lowest BCUT2D eigenvalue weighted by atomic mass is 9.75. The molecule has 2 aromatic heterocycles. The number of methoxy groups -OCH3 is 1. The van der Waals surface area contributed by atoms with Crippen LogP contribution in [-0.2, 0) is 9.59 Å². The van der Waals surface area contributed by atoms with Crippen LogP contribution in [-0.4, -0.2) is 45.5 Å². The highest BCUT2D eigenvalue weighted by Crippen LogP contribution is 2.42. The summed E-state index contributed by atoms with van der Waals surface area (Å²) in [6.45, 7) is 0. The number of aliphatic carboxylic acids is 1. The quantitative estimate of drug-likeness (QED) is 0.160. The van der Waals surface area contributed by atoms with E-state index >= 15 is 0 Å². The molecule has 2 amide bonds. The maximum atomic E-state index is 13.6. The summed E-state index contributed by atoms with van der Waals surface area (Å²) >= 11 is 0. The molecular weight excluding hydrogens is 556 g/mol. The molecule has 9 nitrogen and oxygen atoms in total. The summed E-state index contributed by atoms with van der Waals surface area (Å²) in [5, 5.41) is 16.0. The number of H-pyrrole nitrogens is 1. The Kier molecular flexibility index (Phi) is 8.19. The molecular formula is C35H36N4O5. The van der Waals surface area contributed by atoms with Gasteiger partial charge in [-0.3, -0.25) is 14.6 Å². The second-order valence-electron chi connectivity index (χ2n) is 11.7. The van der Waals surface area contributed by atoms with Crippen molar-refractivity contribution in [1.82, 2.24) is 15.3 Å². The van der Waals surface area contributed by atoms with E-state index in [2.05, 4.69) is 20.6 Å². The number of carbonyl (C=O) groups is 3. The van der Waals surface area contributed by atoms with Crippen molar-refractivity contribution in [1.29, 1.82) is 0 Å². The molecule has 0 aliphatic heterocycles. The monoisotopic (exact) mass is 592 g/mol. The minimum atomic E-state index is -1.07. The van der Waals surface area contributed by atoms with E-state index in [9.17, 15) is 14.4 Å². The Morgan fingerprint density at radius 2 is 1.84 bits per heavy atom. The number of aromatic amines is 1. The molecule has 0 unspecified atom stereocenters. The smallest absolute Gasteiger partial charge is 0.328 e. The normalized spacial score (nSPS) is 16.4. The fourth-order valence-electron chi connectivity index (χ4n) is 6.46. The second-order valence-corrected chi connectivity index (χ2v) is 11.7. The van der Waals surface area contributed by atoms with Gasteiger partial charge < -0.3 is 25.5 Å². The Morgan fingerprint density at radius 3 is 2.52 bits per heavy atom. The van der Waals surface area contributed by atoms with Crippen LogP contribution in [0.3, 0.4) is 0 Å². The Hall–Kier alpha value is -4.92. The molecule has 6 rings (SSSR count). The maximum Gasteiger partial charge on any atom is 0.328 e. The van der Waals surface area contributed by atoms with Crippen molar-refractivity contribution < 1.29 is 24.2 Å². The van der Waals surface area contributed by atoms with Crippen molar-refractivity contribution in [2.45, 2.75) is 62.8 Å². The van der Waals surface area contributed by atoms with Crippen molar-refractivity contribution in [2.24, 2.45) is 0 Å². The predicted octanol–water partition coefficient (Wildman–Crippen LogP) is 6.68. The van der Waals surface area contributed by atoms with Gasteiger partial charge in [-0.1, -0.05) is 31.4 Å². The van der Waals surface area contributed by atoms with E-state index in [0.717, 1.165) is 47.6 Å². The number of nitrogens with zero attached hydrogens (tertiary/aromatic N) is 1. The van der Waals surface area contributed by atoms with Crippen LogP contribution in [0.1, 0.15) is 78.8 Å². The standard InChI is InChI=1S/C35H36N4O5/c1-44-29-21-25(14-11-22(29)13-16-30(40)41)37-34(43)35(17-7-18-35)39-33(42)24-12-15-26-28(20-24)38-32(27-10-5-6-19-36-27)31(26)23-8-3-2-4-9-23/h5-6,10-16,19-21,23,38H,2-4,7-9,17-18H2,1H3,(H,37,43)(H,39,42)(H,40,41)/b16-13+. The molecule has 2 aromatic carbocycles. The van der Waals surface area contributed by atoms with E-state index in [1.54, 1.807) is 24.4 Å². The zero-order chi connectivity index (χ0) is 30.7. The number of ether oxygens (including phenoxy) is 1. The molecule has 0 spiro atoms. The van der Waals surface area contributed by atoms with Crippen LogP contribution in [0.5, 0.6) is 5.75 Å². The summed E-state index contributed by atoms with van der Waals surface area (Å²) in [5.74, 6) is -0.811. The molecule has 0 radical (unpaired) electrons. The third-order valence-electron chi connectivity index (χ3n) is 8.93. The van der Waals surface area contributed by atoms with E-state index < -0.39 is 11.5 Å². The minimum Gasteiger partial charge on any atom is -0.496 e. The largest absolute Gasteiger partial charge is 0.496 e. The Balaban J connectivity index is 1.24. The third-order valence-corrected chi connectivity index (χ3v) is 8.93. The van der Waals surface area contributed by atoms with Crippen molar-refractivity contribution in [3.05, 3.63) is 83.6 Å². The molecule has 2 aliphatic rings. The number of carboxylic acids is 1. The number of pyridine rings is 1. The Morgan fingerprint density at radius 1 is 1.02 bits per heavy atom. The van der Waals surface area contributed by atoms with E-state index in [4.69, 9.17) is 9.84 Å². The van der Waals surface area contributed by atoms with Crippen molar-refractivity contribution in [3.63, 3.8) is 0 Å². The first-order valence-corrected chi connectivity index (χ1v) is 15.2. The van der Waals surface area contributed by atoms with Gasteiger partial charge in [-0.25, -0.2) is 4.79 Å². The van der Waals surface area contributed by atoms with Crippen LogP contribution in [0.4, 0.5) is 5.69 Å². The van der Waals surface area contributed by atoms with Crippen molar-refractivity contribution in [3.8, 4) is 17.1 Å². The summed E-state index contributed by atoms with van der Waals surface area (Å²) in [7, 11) is 1.48. The molecule has 0 atom stereocenters. The van der Waals surface area contributed by atoms with Gasteiger partial charge >= 0.3 is 5.97 Å².